The minimum Gasteiger partial charge on any atom is -0.166 e. The molecule has 15 heavy (non-hydrogen) atoms. The molecule has 0 unspecified atom stereocenters. The van der Waals surface area contributed by atoms with Crippen molar-refractivity contribution in [1.29, 1.82) is 0 Å². The number of hydrogen-bond acceptors (Lipinski definition) is 0. The molecule has 1 aliphatic rings. The van der Waals surface area contributed by atoms with Crippen LogP contribution in [0.3, 0.4) is 0 Å². The van der Waals surface area contributed by atoms with Gasteiger partial charge in [-0.2, -0.15) is 13.2 Å². The predicted octanol–water partition coefficient (Wildman–Crippen LogP) is 4.15. The third kappa shape index (κ3) is 2.16. The second kappa shape index (κ2) is 3.54. The SMILES string of the molecule is CCc1ccc(C(F)(F)F)c(C2CC2)c1. The Morgan fingerprint density at radius 2 is 1.93 bits per heavy atom. The van der Waals surface area contributed by atoms with Gasteiger partial charge in [0.25, 0.3) is 0 Å². The molecule has 1 fully saturated rings. The summed E-state index contributed by atoms with van der Waals surface area (Å²) in [6, 6.07) is 4.53. The topological polar surface area (TPSA) is 0 Å². The van der Waals surface area contributed by atoms with Gasteiger partial charge in [-0.15, -0.1) is 0 Å². The monoisotopic (exact) mass is 214 g/mol. The van der Waals surface area contributed by atoms with Crippen molar-refractivity contribution in [3.8, 4) is 0 Å². The summed E-state index contributed by atoms with van der Waals surface area (Å²) in [6.45, 7) is 1.96. The van der Waals surface area contributed by atoms with Gasteiger partial charge in [-0.3, -0.25) is 0 Å². The van der Waals surface area contributed by atoms with Crippen molar-refractivity contribution in [3.05, 3.63) is 34.9 Å². The molecular formula is C12H13F3. The lowest BCUT2D eigenvalue weighted by molar-refractivity contribution is -0.138. The summed E-state index contributed by atoms with van der Waals surface area (Å²) in [4.78, 5) is 0. The molecule has 0 radical (unpaired) electrons. The second-order valence-electron chi connectivity index (χ2n) is 4.05. The smallest absolute Gasteiger partial charge is 0.166 e. The zero-order valence-corrected chi connectivity index (χ0v) is 8.56. The van der Waals surface area contributed by atoms with E-state index >= 15 is 0 Å². The first-order valence-corrected chi connectivity index (χ1v) is 5.22. The van der Waals surface area contributed by atoms with Crippen LogP contribution in [0.2, 0.25) is 0 Å². The highest BCUT2D eigenvalue weighted by atomic mass is 19.4. The number of aryl methyl sites for hydroxylation is 1. The van der Waals surface area contributed by atoms with E-state index in [1.54, 1.807) is 12.1 Å². The number of hydrogen-bond donors (Lipinski definition) is 0. The van der Waals surface area contributed by atoms with Gasteiger partial charge in [-0.1, -0.05) is 19.1 Å². The van der Waals surface area contributed by atoms with E-state index in [0.29, 0.717) is 5.56 Å². The van der Waals surface area contributed by atoms with E-state index < -0.39 is 11.7 Å². The molecule has 0 aliphatic heterocycles. The lowest BCUT2D eigenvalue weighted by Crippen LogP contribution is -2.09. The first-order chi connectivity index (χ1) is 7.02. The average Bonchev–Trinajstić information content (AvgIpc) is 2.98. The van der Waals surface area contributed by atoms with Gasteiger partial charge in [0.15, 0.2) is 0 Å². The summed E-state index contributed by atoms with van der Waals surface area (Å²) in [7, 11) is 0. The largest absolute Gasteiger partial charge is 0.416 e. The zero-order valence-electron chi connectivity index (χ0n) is 8.56. The summed E-state index contributed by atoms with van der Waals surface area (Å²) < 4.78 is 38.0. The van der Waals surface area contributed by atoms with Gasteiger partial charge in [-0.25, -0.2) is 0 Å². The van der Waals surface area contributed by atoms with E-state index in [9.17, 15) is 13.2 Å². The van der Waals surface area contributed by atoms with Gasteiger partial charge >= 0.3 is 6.18 Å². The zero-order chi connectivity index (χ0) is 11.1. The van der Waals surface area contributed by atoms with Crippen LogP contribution in [0.25, 0.3) is 0 Å². The van der Waals surface area contributed by atoms with Crippen molar-refractivity contribution in [2.45, 2.75) is 38.3 Å². The fraction of sp³-hybridized carbons (Fsp3) is 0.500. The number of benzene rings is 1. The quantitative estimate of drug-likeness (QED) is 0.693. The molecule has 0 aromatic heterocycles. The number of halogens is 3. The Morgan fingerprint density at radius 3 is 2.40 bits per heavy atom. The summed E-state index contributed by atoms with van der Waals surface area (Å²) >= 11 is 0. The van der Waals surface area contributed by atoms with E-state index in [1.807, 2.05) is 6.92 Å². The standard InChI is InChI=1S/C12H13F3/c1-2-8-3-6-11(12(13,14)15)10(7-8)9-4-5-9/h3,6-7,9H,2,4-5H2,1H3. The van der Waals surface area contributed by atoms with Gasteiger partial charge in [-0.05, 0) is 42.4 Å². The third-order valence-electron chi connectivity index (χ3n) is 2.85. The van der Waals surface area contributed by atoms with Gasteiger partial charge in [0.05, 0.1) is 5.56 Å². The molecule has 0 nitrogen and oxygen atoms in total. The lowest BCUT2D eigenvalue weighted by Gasteiger charge is -2.13. The highest BCUT2D eigenvalue weighted by Gasteiger charge is 2.37. The van der Waals surface area contributed by atoms with Crippen molar-refractivity contribution < 1.29 is 13.2 Å². The van der Waals surface area contributed by atoms with Crippen molar-refractivity contribution in [1.82, 2.24) is 0 Å². The molecule has 0 saturated heterocycles. The van der Waals surface area contributed by atoms with Crippen LogP contribution in [0, 0.1) is 0 Å². The summed E-state index contributed by atoms with van der Waals surface area (Å²) in [5.74, 6) is 0.146. The van der Waals surface area contributed by atoms with Crippen molar-refractivity contribution in [2.75, 3.05) is 0 Å². The van der Waals surface area contributed by atoms with Crippen molar-refractivity contribution in [2.24, 2.45) is 0 Å². The molecule has 0 atom stereocenters. The maximum Gasteiger partial charge on any atom is 0.416 e. The molecular weight excluding hydrogens is 201 g/mol. The van der Waals surface area contributed by atoms with Gasteiger partial charge in [0.1, 0.15) is 0 Å². The number of alkyl halides is 3. The summed E-state index contributed by atoms with van der Waals surface area (Å²) in [5, 5.41) is 0. The van der Waals surface area contributed by atoms with Crippen LogP contribution in [-0.2, 0) is 12.6 Å². The molecule has 1 aliphatic carbocycles. The molecule has 0 amide bonds. The van der Waals surface area contributed by atoms with Crippen LogP contribution in [-0.4, -0.2) is 0 Å². The van der Waals surface area contributed by atoms with Crippen LogP contribution in [0.5, 0.6) is 0 Å². The Labute approximate surface area is 87.1 Å². The minimum absolute atomic E-state index is 0.146. The Hall–Kier alpha value is -0.990. The van der Waals surface area contributed by atoms with Crippen molar-refractivity contribution in [3.63, 3.8) is 0 Å². The maximum absolute atomic E-state index is 12.7. The molecule has 2 rings (SSSR count). The van der Waals surface area contributed by atoms with Gasteiger partial charge in [0.2, 0.25) is 0 Å². The Bertz CT molecular complexity index is 362. The van der Waals surface area contributed by atoms with E-state index in [0.717, 1.165) is 24.8 Å². The molecule has 0 spiro atoms. The molecule has 82 valence electrons. The third-order valence-corrected chi connectivity index (χ3v) is 2.85. The highest BCUT2D eigenvalue weighted by molar-refractivity contribution is 5.38. The van der Waals surface area contributed by atoms with Crippen LogP contribution in [0.1, 0.15) is 42.4 Å². The highest BCUT2D eigenvalue weighted by Crippen LogP contribution is 2.46. The van der Waals surface area contributed by atoms with Crippen molar-refractivity contribution >= 4 is 0 Å². The Balaban J connectivity index is 2.45. The fourth-order valence-corrected chi connectivity index (χ4v) is 1.82. The molecule has 0 heterocycles. The minimum atomic E-state index is -4.20. The summed E-state index contributed by atoms with van der Waals surface area (Å²) in [5.41, 5.74) is 1.05. The van der Waals surface area contributed by atoms with Gasteiger partial charge < -0.3 is 0 Å². The first-order valence-electron chi connectivity index (χ1n) is 5.22. The molecule has 3 heteroatoms. The van der Waals surface area contributed by atoms with E-state index in [1.165, 1.54) is 6.07 Å². The molecule has 0 bridgehead atoms. The van der Waals surface area contributed by atoms with Crippen LogP contribution in [0.15, 0.2) is 18.2 Å². The average molecular weight is 214 g/mol. The van der Waals surface area contributed by atoms with E-state index in [2.05, 4.69) is 0 Å². The van der Waals surface area contributed by atoms with E-state index in [-0.39, 0.29) is 5.92 Å². The normalized spacial score (nSPS) is 16.8. The van der Waals surface area contributed by atoms with Gasteiger partial charge in [0, 0.05) is 0 Å². The number of rotatable bonds is 2. The molecule has 1 aromatic rings. The lowest BCUT2D eigenvalue weighted by atomic mass is 9.99. The molecule has 0 N–H and O–H groups in total. The van der Waals surface area contributed by atoms with E-state index in [4.69, 9.17) is 0 Å². The fourth-order valence-electron chi connectivity index (χ4n) is 1.82. The van der Waals surface area contributed by atoms with Crippen LogP contribution in [0.4, 0.5) is 13.2 Å². The Kier molecular flexibility index (Phi) is 2.49. The summed E-state index contributed by atoms with van der Waals surface area (Å²) in [6.07, 6.45) is -1.62. The Morgan fingerprint density at radius 1 is 1.27 bits per heavy atom. The predicted molar refractivity (Wildman–Crippen MR) is 52.8 cm³/mol. The van der Waals surface area contributed by atoms with Crippen LogP contribution >= 0.6 is 0 Å². The molecule has 1 aromatic carbocycles. The van der Waals surface area contributed by atoms with Crippen LogP contribution < -0.4 is 0 Å². The molecule has 1 saturated carbocycles. The maximum atomic E-state index is 12.7. The first kappa shape index (κ1) is 10.5. The second-order valence-corrected chi connectivity index (χ2v) is 4.05.